The van der Waals surface area contributed by atoms with E-state index in [0.29, 0.717) is 5.95 Å². The number of anilines is 2. The van der Waals surface area contributed by atoms with E-state index < -0.39 is 11.1 Å². The number of rotatable bonds is 5. The predicted octanol–water partition coefficient (Wildman–Crippen LogP) is 3.02. The SMILES string of the molecule is CCNc1nc(NC(C)(C)C(C)(C)O)c2ccccc2n1. The molecule has 2 aromatic rings. The van der Waals surface area contributed by atoms with E-state index in [-0.39, 0.29) is 0 Å². The number of para-hydroxylation sites is 1. The quantitative estimate of drug-likeness (QED) is 0.789. The number of aliphatic hydroxyl groups is 1. The maximum absolute atomic E-state index is 10.3. The fraction of sp³-hybridized carbons (Fsp3) is 0.500. The summed E-state index contributed by atoms with van der Waals surface area (Å²) in [4.78, 5) is 9.04. The highest BCUT2D eigenvalue weighted by molar-refractivity contribution is 5.90. The van der Waals surface area contributed by atoms with Crippen molar-refractivity contribution in [3.8, 4) is 0 Å². The Labute approximate surface area is 125 Å². The van der Waals surface area contributed by atoms with Crippen LogP contribution in [0.1, 0.15) is 34.6 Å². The zero-order valence-corrected chi connectivity index (χ0v) is 13.4. The summed E-state index contributed by atoms with van der Waals surface area (Å²) in [5, 5.41) is 17.8. The molecular formula is C16H24N4O. The molecule has 0 aliphatic rings. The maximum Gasteiger partial charge on any atom is 0.225 e. The third kappa shape index (κ3) is 3.24. The molecule has 0 saturated carbocycles. The largest absolute Gasteiger partial charge is 0.388 e. The lowest BCUT2D eigenvalue weighted by Crippen LogP contribution is -2.51. The first-order chi connectivity index (χ1) is 9.74. The van der Waals surface area contributed by atoms with Gasteiger partial charge in [-0.05, 0) is 46.8 Å². The first-order valence-corrected chi connectivity index (χ1v) is 7.26. The van der Waals surface area contributed by atoms with Crippen LogP contribution < -0.4 is 10.6 Å². The summed E-state index contributed by atoms with van der Waals surface area (Å²) >= 11 is 0. The Bertz CT molecular complexity index is 632. The minimum atomic E-state index is -0.891. The molecule has 21 heavy (non-hydrogen) atoms. The average molecular weight is 288 g/mol. The molecule has 5 nitrogen and oxygen atoms in total. The van der Waals surface area contributed by atoms with Gasteiger partial charge in [0.2, 0.25) is 5.95 Å². The second-order valence-electron chi connectivity index (χ2n) is 6.25. The molecule has 0 radical (unpaired) electrons. The zero-order chi connectivity index (χ0) is 15.7. The minimum absolute atomic E-state index is 0.534. The average Bonchev–Trinajstić information content (AvgIpc) is 2.37. The molecule has 1 aromatic carbocycles. The molecule has 0 atom stereocenters. The van der Waals surface area contributed by atoms with Crippen LogP contribution in [0.25, 0.3) is 10.9 Å². The van der Waals surface area contributed by atoms with E-state index in [0.717, 1.165) is 23.3 Å². The Morgan fingerprint density at radius 1 is 1.10 bits per heavy atom. The van der Waals surface area contributed by atoms with Gasteiger partial charge in [-0.15, -0.1) is 0 Å². The van der Waals surface area contributed by atoms with Crippen LogP contribution in [0.5, 0.6) is 0 Å². The Kier molecular flexibility index (Phi) is 4.05. The molecule has 5 heteroatoms. The van der Waals surface area contributed by atoms with Crippen molar-refractivity contribution in [1.82, 2.24) is 9.97 Å². The highest BCUT2D eigenvalue weighted by atomic mass is 16.3. The van der Waals surface area contributed by atoms with Crippen molar-refractivity contribution in [3.05, 3.63) is 24.3 Å². The molecule has 0 saturated heterocycles. The van der Waals surface area contributed by atoms with Crippen molar-refractivity contribution in [3.63, 3.8) is 0 Å². The molecule has 0 bridgehead atoms. The van der Waals surface area contributed by atoms with Gasteiger partial charge in [0.15, 0.2) is 0 Å². The van der Waals surface area contributed by atoms with Gasteiger partial charge in [-0.3, -0.25) is 0 Å². The standard InChI is InChI=1S/C16H24N4O/c1-6-17-14-18-12-10-8-7-9-11(12)13(19-14)20-15(2,3)16(4,5)21/h7-10,21H,6H2,1-5H3,(H2,17,18,19,20). The number of nitrogens with one attached hydrogen (secondary N) is 2. The Morgan fingerprint density at radius 3 is 2.38 bits per heavy atom. The third-order valence-electron chi connectivity index (χ3n) is 3.90. The second-order valence-corrected chi connectivity index (χ2v) is 6.25. The van der Waals surface area contributed by atoms with Crippen LogP contribution in [0.4, 0.5) is 11.8 Å². The van der Waals surface area contributed by atoms with Crippen LogP contribution in [0, 0.1) is 0 Å². The fourth-order valence-corrected chi connectivity index (χ4v) is 1.86. The lowest BCUT2D eigenvalue weighted by molar-refractivity contribution is 0.0239. The third-order valence-corrected chi connectivity index (χ3v) is 3.90. The predicted molar refractivity (Wildman–Crippen MR) is 87.7 cm³/mol. The zero-order valence-electron chi connectivity index (χ0n) is 13.4. The summed E-state index contributed by atoms with van der Waals surface area (Å²) in [5.74, 6) is 1.31. The highest BCUT2D eigenvalue weighted by Gasteiger charge is 2.35. The smallest absolute Gasteiger partial charge is 0.225 e. The number of benzene rings is 1. The Hall–Kier alpha value is -1.88. The van der Waals surface area contributed by atoms with Crippen LogP contribution >= 0.6 is 0 Å². The summed E-state index contributed by atoms with van der Waals surface area (Å²) in [7, 11) is 0. The van der Waals surface area contributed by atoms with Gasteiger partial charge in [-0.1, -0.05) is 12.1 Å². The van der Waals surface area contributed by atoms with Crippen molar-refractivity contribution in [2.24, 2.45) is 0 Å². The second kappa shape index (κ2) is 5.48. The topological polar surface area (TPSA) is 70.1 Å². The maximum atomic E-state index is 10.3. The van der Waals surface area contributed by atoms with Gasteiger partial charge < -0.3 is 15.7 Å². The molecule has 3 N–H and O–H groups in total. The molecule has 1 aromatic heterocycles. The van der Waals surface area contributed by atoms with Gasteiger partial charge in [0, 0.05) is 11.9 Å². The number of hydrogen-bond donors (Lipinski definition) is 3. The molecule has 2 rings (SSSR count). The number of hydrogen-bond acceptors (Lipinski definition) is 5. The number of nitrogens with zero attached hydrogens (tertiary/aromatic N) is 2. The van der Waals surface area contributed by atoms with E-state index in [1.54, 1.807) is 13.8 Å². The summed E-state index contributed by atoms with van der Waals surface area (Å²) in [6.07, 6.45) is 0. The molecule has 0 spiro atoms. The molecule has 0 fully saturated rings. The Balaban J connectivity index is 2.51. The lowest BCUT2D eigenvalue weighted by Gasteiger charge is -2.38. The highest BCUT2D eigenvalue weighted by Crippen LogP contribution is 2.29. The van der Waals surface area contributed by atoms with Crippen molar-refractivity contribution in [1.29, 1.82) is 0 Å². The van der Waals surface area contributed by atoms with Crippen LogP contribution in [-0.2, 0) is 0 Å². The van der Waals surface area contributed by atoms with E-state index in [2.05, 4.69) is 20.6 Å². The van der Waals surface area contributed by atoms with Gasteiger partial charge >= 0.3 is 0 Å². The van der Waals surface area contributed by atoms with Crippen LogP contribution in [-0.4, -0.2) is 32.8 Å². The first kappa shape index (κ1) is 15.5. The fourth-order valence-electron chi connectivity index (χ4n) is 1.86. The molecule has 0 aliphatic heterocycles. The van der Waals surface area contributed by atoms with Crippen LogP contribution in [0.15, 0.2) is 24.3 Å². The van der Waals surface area contributed by atoms with Crippen molar-refractivity contribution in [2.45, 2.75) is 45.8 Å². The molecule has 114 valence electrons. The van der Waals surface area contributed by atoms with Crippen molar-refractivity contribution >= 4 is 22.7 Å². The van der Waals surface area contributed by atoms with E-state index in [4.69, 9.17) is 0 Å². The summed E-state index contributed by atoms with van der Waals surface area (Å²) < 4.78 is 0. The molecule has 0 aliphatic carbocycles. The molecule has 1 heterocycles. The van der Waals surface area contributed by atoms with E-state index in [1.807, 2.05) is 45.0 Å². The van der Waals surface area contributed by atoms with E-state index >= 15 is 0 Å². The lowest BCUT2D eigenvalue weighted by atomic mass is 9.86. The normalized spacial score (nSPS) is 12.5. The van der Waals surface area contributed by atoms with Gasteiger partial charge in [0.05, 0.1) is 16.7 Å². The monoisotopic (exact) mass is 288 g/mol. The summed E-state index contributed by atoms with van der Waals surface area (Å²) in [6.45, 7) is 10.2. The summed E-state index contributed by atoms with van der Waals surface area (Å²) in [6, 6.07) is 7.85. The summed E-state index contributed by atoms with van der Waals surface area (Å²) in [5.41, 5.74) is -0.553. The molecular weight excluding hydrogens is 264 g/mol. The van der Waals surface area contributed by atoms with Gasteiger partial charge in [-0.2, -0.15) is 4.98 Å². The van der Waals surface area contributed by atoms with Gasteiger partial charge in [0.25, 0.3) is 0 Å². The van der Waals surface area contributed by atoms with E-state index in [9.17, 15) is 5.11 Å². The van der Waals surface area contributed by atoms with Crippen molar-refractivity contribution < 1.29 is 5.11 Å². The van der Waals surface area contributed by atoms with E-state index in [1.165, 1.54) is 0 Å². The Morgan fingerprint density at radius 2 is 1.76 bits per heavy atom. The molecule has 0 unspecified atom stereocenters. The number of fused-ring (bicyclic) bond motifs is 1. The van der Waals surface area contributed by atoms with Crippen LogP contribution in [0.2, 0.25) is 0 Å². The number of aromatic nitrogens is 2. The van der Waals surface area contributed by atoms with Gasteiger partial charge in [0.1, 0.15) is 5.82 Å². The van der Waals surface area contributed by atoms with Crippen LogP contribution in [0.3, 0.4) is 0 Å². The van der Waals surface area contributed by atoms with Crippen molar-refractivity contribution in [2.75, 3.05) is 17.2 Å². The first-order valence-electron chi connectivity index (χ1n) is 7.26. The minimum Gasteiger partial charge on any atom is -0.388 e. The van der Waals surface area contributed by atoms with Gasteiger partial charge in [-0.25, -0.2) is 4.98 Å². The molecule has 0 amide bonds.